The van der Waals surface area contributed by atoms with Gasteiger partial charge in [0.15, 0.2) is 0 Å². The number of carbonyl (C=O) groups is 1. The van der Waals surface area contributed by atoms with Gasteiger partial charge in [-0.3, -0.25) is 9.59 Å². The van der Waals surface area contributed by atoms with E-state index in [-0.39, 0.29) is 11.5 Å². The second kappa shape index (κ2) is 5.28. The lowest BCUT2D eigenvalue weighted by molar-refractivity contribution is 0.0947. The van der Waals surface area contributed by atoms with Crippen LogP contribution in [0.4, 0.5) is 0 Å². The second-order valence-electron chi connectivity index (χ2n) is 4.82. The number of hydrogen-bond donors (Lipinski definition) is 2. The van der Waals surface area contributed by atoms with Gasteiger partial charge in [0, 0.05) is 18.5 Å². The lowest BCUT2D eigenvalue weighted by atomic mass is 10.3. The molecule has 20 heavy (non-hydrogen) atoms. The number of aromatic amines is 1. The van der Waals surface area contributed by atoms with E-state index in [1.807, 2.05) is 0 Å². The predicted octanol–water partition coefficient (Wildman–Crippen LogP) is 0.274. The summed E-state index contributed by atoms with van der Waals surface area (Å²) in [4.78, 5) is 29.9. The minimum absolute atomic E-state index is 0.148. The van der Waals surface area contributed by atoms with Gasteiger partial charge in [-0.25, -0.2) is 9.67 Å². The first-order valence-electron chi connectivity index (χ1n) is 6.58. The Bertz CT molecular complexity index is 658. The number of rotatable bonds is 5. The highest BCUT2D eigenvalue weighted by molar-refractivity contribution is 5.91. The number of carbonyl (C=O) groups excluding carboxylic acids is 1. The SMILES string of the molecule is O=C(NCCn1nc(C2CC2)ccc1=O)c1cnc[nH]1. The highest BCUT2D eigenvalue weighted by Gasteiger charge is 2.25. The first kappa shape index (κ1) is 12.6. The van der Waals surface area contributed by atoms with Crippen LogP contribution in [0.1, 0.15) is 34.9 Å². The van der Waals surface area contributed by atoms with Gasteiger partial charge in [0.1, 0.15) is 5.69 Å². The van der Waals surface area contributed by atoms with E-state index in [1.165, 1.54) is 23.3 Å². The third-order valence-electron chi connectivity index (χ3n) is 3.23. The summed E-state index contributed by atoms with van der Waals surface area (Å²) in [5, 5.41) is 7.04. The van der Waals surface area contributed by atoms with Crippen molar-refractivity contribution in [2.45, 2.75) is 25.3 Å². The molecule has 1 amide bonds. The topological polar surface area (TPSA) is 92.7 Å². The van der Waals surface area contributed by atoms with Crippen LogP contribution in [0.25, 0.3) is 0 Å². The maximum absolute atomic E-state index is 11.7. The zero-order valence-electron chi connectivity index (χ0n) is 10.9. The molecule has 0 atom stereocenters. The molecule has 0 spiro atoms. The van der Waals surface area contributed by atoms with Crippen LogP contribution in [0.5, 0.6) is 0 Å². The van der Waals surface area contributed by atoms with Crippen molar-refractivity contribution in [3.8, 4) is 0 Å². The fourth-order valence-corrected chi connectivity index (χ4v) is 1.97. The third kappa shape index (κ3) is 2.76. The summed E-state index contributed by atoms with van der Waals surface area (Å²) < 4.78 is 1.40. The van der Waals surface area contributed by atoms with Gasteiger partial charge < -0.3 is 10.3 Å². The van der Waals surface area contributed by atoms with Gasteiger partial charge in [0.25, 0.3) is 11.5 Å². The van der Waals surface area contributed by atoms with Crippen molar-refractivity contribution in [3.63, 3.8) is 0 Å². The number of amides is 1. The van der Waals surface area contributed by atoms with Gasteiger partial charge in [-0.2, -0.15) is 5.10 Å². The monoisotopic (exact) mass is 273 g/mol. The Kier molecular flexibility index (Phi) is 3.32. The van der Waals surface area contributed by atoms with E-state index < -0.39 is 0 Å². The first-order valence-corrected chi connectivity index (χ1v) is 6.58. The second-order valence-corrected chi connectivity index (χ2v) is 4.82. The molecule has 2 aromatic heterocycles. The minimum atomic E-state index is -0.242. The van der Waals surface area contributed by atoms with E-state index in [0.717, 1.165) is 18.5 Å². The minimum Gasteiger partial charge on any atom is -0.349 e. The Labute approximate surface area is 115 Å². The summed E-state index contributed by atoms with van der Waals surface area (Å²) in [6, 6.07) is 3.33. The summed E-state index contributed by atoms with van der Waals surface area (Å²) in [5.41, 5.74) is 1.21. The predicted molar refractivity (Wildman–Crippen MR) is 71.4 cm³/mol. The molecule has 7 nitrogen and oxygen atoms in total. The van der Waals surface area contributed by atoms with Crippen molar-refractivity contribution in [2.75, 3.05) is 6.54 Å². The lowest BCUT2D eigenvalue weighted by Gasteiger charge is -2.07. The molecule has 7 heteroatoms. The van der Waals surface area contributed by atoms with E-state index in [4.69, 9.17) is 0 Å². The smallest absolute Gasteiger partial charge is 0.269 e. The Balaban J connectivity index is 1.59. The number of imidazole rings is 1. The number of H-pyrrole nitrogens is 1. The molecule has 0 bridgehead atoms. The molecule has 3 rings (SSSR count). The summed E-state index contributed by atoms with van der Waals surface area (Å²) in [5.74, 6) is 0.260. The van der Waals surface area contributed by atoms with Crippen molar-refractivity contribution in [3.05, 3.63) is 46.4 Å². The lowest BCUT2D eigenvalue weighted by Crippen LogP contribution is -2.32. The molecule has 2 heterocycles. The maximum Gasteiger partial charge on any atom is 0.269 e. The van der Waals surface area contributed by atoms with Crippen LogP contribution in [0.2, 0.25) is 0 Å². The van der Waals surface area contributed by atoms with Crippen molar-refractivity contribution in [1.29, 1.82) is 0 Å². The molecule has 1 saturated carbocycles. The molecule has 1 aliphatic carbocycles. The molecule has 0 aromatic carbocycles. The van der Waals surface area contributed by atoms with Crippen LogP contribution in [0, 0.1) is 0 Å². The quantitative estimate of drug-likeness (QED) is 0.818. The van der Waals surface area contributed by atoms with E-state index in [0.29, 0.717) is 24.7 Å². The number of hydrogen-bond acceptors (Lipinski definition) is 4. The zero-order chi connectivity index (χ0) is 13.9. The van der Waals surface area contributed by atoms with E-state index in [9.17, 15) is 9.59 Å². The van der Waals surface area contributed by atoms with E-state index >= 15 is 0 Å². The van der Waals surface area contributed by atoms with E-state index in [2.05, 4.69) is 20.4 Å². The molecule has 0 radical (unpaired) electrons. The Hall–Kier alpha value is -2.44. The largest absolute Gasteiger partial charge is 0.349 e. The Morgan fingerprint density at radius 3 is 3.00 bits per heavy atom. The molecular weight excluding hydrogens is 258 g/mol. The molecule has 104 valence electrons. The average molecular weight is 273 g/mol. The fraction of sp³-hybridized carbons (Fsp3) is 0.385. The van der Waals surface area contributed by atoms with Crippen molar-refractivity contribution >= 4 is 5.91 Å². The molecule has 1 fully saturated rings. The van der Waals surface area contributed by atoms with Crippen LogP contribution in [-0.4, -0.2) is 32.2 Å². The van der Waals surface area contributed by atoms with Crippen molar-refractivity contribution in [2.24, 2.45) is 0 Å². The molecule has 2 N–H and O–H groups in total. The number of nitrogens with zero attached hydrogens (tertiary/aromatic N) is 3. The van der Waals surface area contributed by atoms with Crippen LogP contribution in [0.15, 0.2) is 29.5 Å². The molecule has 0 unspecified atom stereocenters. The summed E-state index contributed by atoms with van der Waals surface area (Å²) in [6.45, 7) is 0.706. The summed E-state index contributed by atoms with van der Waals surface area (Å²) in [6.07, 6.45) is 5.18. The molecule has 0 saturated heterocycles. The maximum atomic E-state index is 11.7. The van der Waals surface area contributed by atoms with Gasteiger partial charge in [-0.15, -0.1) is 0 Å². The van der Waals surface area contributed by atoms with Crippen LogP contribution < -0.4 is 10.9 Å². The van der Waals surface area contributed by atoms with Gasteiger partial charge in [0.05, 0.1) is 24.8 Å². The molecular formula is C13H15N5O2. The standard InChI is InChI=1S/C13H15N5O2/c19-12-4-3-10(9-1-2-9)17-18(12)6-5-15-13(20)11-7-14-8-16-11/h3-4,7-9H,1-2,5-6H2,(H,14,16)(H,15,20). The Morgan fingerprint density at radius 2 is 2.30 bits per heavy atom. The van der Waals surface area contributed by atoms with Crippen LogP contribution in [0.3, 0.4) is 0 Å². The summed E-state index contributed by atoms with van der Waals surface area (Å²) >= 11 is 0. The average Bonchev–Trinajstić information content (AvgIpc) is 3.15. The van der Waals surface area contributed by atoms with Gasteiger partial charge in [-0.05, 0) is 18.9 Å². The van der Waals surface area contributed by atoms with Gasteiger partial charge in [0.2, 0.25) is 0 Å². The van der Waals surface area contributed by atoms with Crippen LogP contribution in [-0.2, 0) is 6.54 Å². The van der Waals surface area contributed by atoms with Crippen molar-refractivity contribution < 1.29 is 4.79 Å². The van der Waals surface area contributed by atoms with E-state index in [1.54, 1.807) is 6.07 Å². The highest BCUT2D eigenvalue weighted by atomic mass is 16.2. The van der Waals surface area contributed by atoms with Gasteiger partial charge >= 0.3 is 0 Å². The Morgan fingerprint density at radius 1 is 1.45 bits per heavy atom. The highest BCUT2D eigenvalue weighted by Crippen LogP contribution is 2.38. The molecule has 1 aliphatic rings. The summed E-state index contributed by atoms with van der Waals surface area (Å²) in [7, 11) is 0. The first-order chi connectivity index (χ1) is 9.74. The number of aromatic nitrogens is 4. The van der Waals surface area contributed by atoms with Crippen molar-refractivity contribution in [1.82, 2.24) is 25.1 Å². The fourth-order valence-electron chi connectivity index (χ4n) is 1.97. The number of nitrogens with one attached hydrogen (secondary N) is 2. The molecule has 0 aliphatic heterocycles. The zero-order valence-corrected chi connectivity index (χ0v) is 10.9. The normalized spacial score (nSPS) is 14.2. The molecule has 2 aromatic rings. The van der Waals surface area contributed by atoms with Gasteiger partial charge in [-0.1, -0.05) is 0 Å². The third-order valence-corrected chi connectivity index (χ3v) is 3.23. The van der Waals surface area contributed by atoms with Crippen LogP contribution >= 0.6 is 0 Å².